The van der Waals surface area contributed by atoms with E-state index >= 15 is 0 Å². The highest BCUT2D eigenvalue weighted by atomic mass is 32.2. The number of benzene rings is 3. The Morgan fingerprint density at radius 1 is 1.00 bits per heavy atom. The molecule has 1 aliphatic carbocycles. The summed E-state index contributed by atoms with van der Waals surface area (Å²) in [5.74, 6) is 3.31. The van der Waals surface area contributed by atoms with Gasteiger partial charge >= 0.3 is 39.3 Å². The number of amides is 2. The summed E-state index contributed by atoms with van der Waals surface area (Å²) in [6.07, 6.45) is -0.914. The van der Waals surface area contributed by atoms with E-state index in [1.165, 1.54) is 48.3 Å². The molecule has 33 heteroatoms. The van der Waals surface area contributed by atoms with Crippen molar-refractivity contribution in [1.82, 2.24) is 19.8 Å². The Bertz CT molecular complexity index is 3530. The van der Waals surface area contributed by atoms with Crippen LogP contribution in [-0.4, -0.2) is 105 Å². The Labute approximate surface area is 393 Å². The van der Waals surface area contributed by atoms with Crippen LogP contribution in [0.5, 0.6) is 0 Å². The molecule has 28 nitrogen and oxygen atoms in total. The fraction of sp³-hybridized carbons (Fsp3) is 0.270. The molecule has 6 rings (SSSR count). The number of anilines is 1. The van der Waals surface area contributed by atoms with Gasteiger partial charge in [0.25, 0.3) is 11.5 Å². The first kappa shape index (κ1) is 53.6. The third kappa shape index (κ3) is 12.8. The van der Waals surface area contributed by atoms with E-state index in [4.69, 9.17) is 30.1 Å². The van der Waals surface area contributed by atoms with E-state index in [0.717, 1.165) is 22.9 Å². The standard InChI is InChI=1S/C37H39N6O22P3S2/c1-42(36(46)23-8-3-2-7-22(23)30-24-11-13-26(38)33(69(55,56)57)31(24)63-32-25(30)12-14-27(39)34(32)70(58,59)60)17-5-9-28(44)40-16-4-6-20-18-43(37(47)41-35(20)45)29-15-10-21(62-29)19-61-67(51,52)65-68(53,54)64-66(48,49)50/h2-3,7-8,11-14,18,21,29,38H,5,9-10,15-17,19,39H2,1H3,(H,40,44)(H,51,52)(H,53,54)(H,41,45,47)(H2,48,49,50)(H,55,56,57)(H,58,59,60)/t21-,29+/m0/s1. The second-order valence-electron chi connectivity index (χ2n) is 15.0. The third-order valence-corrected chi connectivity index (χ3v) is 15.7. The molecule has 0 spiro atoms. The van der Waals surface area contributed by atoms with E-state index in [9.17, 15) is 68.6 Å². The van der Waals surface area contributed by atoms with Crippen molar-refractivity contribution in [3.63, 3.8) is 0 Å². The van der Waals surface area contributed by atoms with Crippen LogP contribution in [0.15, 0.2) is 78.5 Å². The van der Waals surface area contributed by atoms with E-state index in [1.807, 2.05) is 0 Å². The maximum absolute atomic E-state index is 14.0. The highest BCUT2D eigenvalue weighted by Gasteiger charge is 2.42. The van der Waals surface area contributed by atoms with Crippen LogP contribution in [0.25, 0.3) is 33.4 Å². The van der Waals surface area contributed by atoms with E-state index < -0.39 is 118 Å². The van der Waals surface area contributed by atoms with E-state index in [2.05, 4.69) is 35.3 Å². The van der Waals surface area contributed by atoms with E-state index in [0.29, 0.717) is 0 Å². The van der Waals surface area contributed by atoms with Crippen LogP contribution in [0, 0.1) is 11.8 Å². The van der Waals surface area contributed by atoms with Crippen molar-refractivity contribution in [3.8, 4) is 34.3 Å². The lowest BCUT2D eigenvalue weighted by Crippen LogP contribution is -2.47. The number of rotatable bonds is 17. The molecule has 1 fully saturated rings. The number of ether oxygens (including phenoxy) is 1. The minimum atomic E-state index is -5.76. The zero-order valence-electron chi connectivity index (χ0n) is 35.7. The summed E-state index contributed by atoms with van der Waals surface area (Å²) in [6.45, 7) is -1.05. The predicted octanol–water partition coefficient (Wildman–Crippen LogP) is -0.512. The Balaban J connectivity index is 1.10. The lowest BCUT2D eigenvalue weighted by Gasteiger charge is -2.23. The van der Waals surface area contributed by atoms with Crippen LogP contribution in [0.1, 0.15) is 47.8 Å². The third-order valence-electron chi connectivity index (χ3n) is 10.0. The second kappa shape index (κ2) is 20.6. The van der Waals surface area contributed by atoms with Gasteiger partial charge in [-0.3, -0.25) is 38.4 Å². The molecule has 0 saturated carbocycles. The summed E-state index contributed by atoms with van der Waals surface area (Å²) in [4.78, 5) is 89.6. The molecule has 2 unspecified atom stereocenters. The number of nitrogen functional groups attached to an aromatic ring is 1. The molecule has 1 aromatic heterocycles. The first-order chi connectivity index (χ1) is 32.5. The Hall–Kier alpha value is -5.70. The lowest BCUT2D eigenvalue weighted by molar-refractivity contribution is -0.176. The Morgan fingerprint density at radius 2 is 1.70 bits per heavy atom. The van der Waals surface area contributed by atoms with Gasteiger partial charge < -0.3 is 49.2 Å². The molecule has 2 aliphatic heterocycles. The van der Waals surface area contributed by atoms with Crippen LogP contribution in [0.2, 0.25) is 0 Å². The molecular formula is C37H39N6O22P3S2. The van der Waals surface area contributed by atoms with Gasteiger partial charge in [0.05, 0.1) is 24.9 Å². The fourth-order valence-corrected chi connectivity index (χ4v) is 11.7. The number of phosphoric ester groups is 1. The summed E-state index contributed by atoms with van der Waals surface area (Å²) >= 11 is 0. The van der Waals surface area contributed by atoms with Crippen molar-refractivity contribution in [2.45, 2.75) is 47.8 Å². The minimum absolute atomic E-state index is 0.00125. The normalized spacial score (nSPS) is 17.1. The van der Waals surface area contributed by atoms with Gasteiger partial charge in [-0.25, -0.2) is 26.9 Å². The smallest absolute Gasteiger partial charge is 0.490 e. The van der Waals surface area contributed by atoms with Gasteiger partial charge in [-0.1, -0.05) is 30.0 Å². The minimum Gasteiger partial charge on any atom is -0.744 e. The maximum Gasteiger partial charge on any atom is 0.490 e. The summed E-state index contributed by atoms with van der Waals surface area (Å²) in [6, 6.07) is 10.8. The highest BCUT2D eigenvalue weighted by molar-refractivity contribution is 7.86. The van der Waals surface area contributed by atoms with Crippen molar-refractivity contribution in [3.05, 3.63) is 92.0 Å². The van der Waals surface area contributed by atoms with Crippen molar-refractivity contribution in [1.29, 1.82) is 0 Å². The van der Waals surface area contributed by atoms with Gasteiger partial charge in [-0.2, -0.15) is 17.0 Å². The molecule has 2 aromatic carbocycles. The van der Waals surface area contributed by atoms with E-state index in [-0.39, 0.29) is 72.0 Å². The number of hydrogen-bond donors (Lipinski definition) is 9. The van der Waals surface area contributed by atoms with Gasteiger partial charge in [0, 0.05) is 54.4 Å². The van der Waals surface area contributed by atoms with Crippen molar-refractivity contribution < 1.29 is 96.5 Å². The SMILES string of the molecule is CN(CCCC(=O)NCC#Cc1cn([C@H]2CC[C@@H](COP(=O)(O)OP(=O)(O)OP(=O)(O)O)O2)c(=O)[nH]c1=O)C(=O)c1ccccc1-c1c2ccc(=[NH2+])c(S(=O)(=O)O)c-2oc2c(S(=O)(=O)[O-])c(N)ccc12. The number of carbonyl (C=O) groups is 2. The molecule has 376 valence electrons. The molecule has 11 N–H and O–H groups in total. The Kier molecular flexibility index (Phi) is 15.8. The molecule has 0 bridgehead atoms. The van der Waals surface area contributed by atoms with Crippen molar-refractivity contribution in [2.24, 2.45) is 0 Å². The molecular weight excluding hydrogens is 1040 g/mol. The van der Waals surface area contributed by atoms with Crippen LogP contribution in [-0.2, 0) is 56.6 Å². The first-order valence-corrected chi connectivity index (χ1v) is 27.1. The topological polar surface area (TPSA) is 450 Å². The van der Waals surface area contributed by atoms with Crippen molar-refractivity contribution in [2.75, 3.05) is 32.5 Å². The van der Waals surface area contributed by atoms with Crippen LogP contribution in [0.3, 0.4) is 0 Å². The van der Waals surface area contributed by atoms with Gasteiger partial charge in [-0.05, 0) is 49.1 Å². The van der Waals surface area contributed by atoms with Gasteiger partial charge in [-0.15, -0.1) is 0 Å². The highest BCUT2D eigenvalue weighted by Crippen LogP contribution is 2.66. The summed E-state index contributed by atoms with van der Waals surface area (Å²) in [5.41, 5.74) is 2.68. The number of nitrogens with zero attached hydrogens (tertiary/aromatic N) is 2. The van der Waals surface area contributed by atoms with Gasteiger partial charge in [0.1, 0.15) is 26.8 Å². The summed E-state index contributed by atoms with van der Waals surface area (Å²) in [5, 5.41) is 7.87. The molecule has 4 atom stereocenters. The number of H-pyrrole nitrogens is 1. The maximum atomic E-state index is 14.0. The average Bonchev–Trinajstić information content (AvgIpc) is 3.70. The van der Waals surface area contributed by atoms with Crippen LogP contribution >= 0.6 is 23.5 Å². The van der Waals surface area contributed by atoms with Crippen LogP contribution in [0.4, 0.5) is 5.69 Å². The molecule has 3 aliphatic rings. The monoisotopic (exact) mass is 1080 g/mol. The molecule has 70 heavy (non-hydrogen) atoms. The number of carbonyl (C=O) groups excluding carboxylic acids is 2. The number of phosphoric acid groups is 3. The molecule has 0 radical (unpaired) electrons. The number of hydrogen-bond acceptors (Lipinski definition) is 18. The number of fused-ring (bicyclic) bond motifs is 2. The first-order valence-electron chi connectivity index (χ1n) is 19.7. The van der Waals surface area contributed by atoms with Crippen molar-refractivity contribution >= 4 is 72.2 Å². The molecule has 2 amide bonds. The zero-order chi connectivity index (χ0) is 51.7. The second-order valence-corrected chi connectivity index (χ2v) is 22.1. The average molecular weight is 1080 g/mol. The molecule has 1 saturated heterocycles. The number of aromatic nitrogens is 2. The summed E-state index contributed by atoms with van der Waals surface area (Å²) in [7, 11) is -25.9. The summed E-state index contributed by atoms with van der Waals surface area (Å²) < 4.78 is 131. The Morgan fingerprint density at radius 3 is 2.37 bits per heavy atom. The zero-order valence-corrected chi connectivity index (χ0v) is 40.0. The lowest BCUT2D eigenvalue weighted by atomic mass is 9.90. The quantitative estimate of drug-likeness (QED) is 0.0186. The largest absolute Gasteiger partial charge is 0.744 e. The van der Waals surface area contributed by atoms with E-state index in [1.54, 1.807) is 0 Å². The predicted molar refractivity (Wildman–Crippen MR) is 236 cm³/mol. The van der Waals surface area contributed by atoms with Gasteiger partial charge in [0.2, 0.25) is 16.2 Å². The van der Waals surface area contributed by atoms with Gasteiger partial charge in [0.15, 0.2) is 11.3 Å². The fourth-order valence-electron chi connectivity index (χ4n) is 7.14. The number of aromatic amines is 1. The van der Waals surface area contributed by atoms with Crippen LogP contribution < -0.4 is 33.1 Å². The molecule has 3 aromatic rings. The number of nitrogens with one attached hydrogen (secondary N) is 2. The number of nitrogens with two attached hydrogens (primary N) is 2. The molecule has 3 heterocycles.